The first-order chi connectivity index (χ1) is 14.0. The minimum atomic E-state index is -0.200. The topological polar surface area (TPSA) is 65.7 Å². The molecule has 1 aromatic heterocycles. The summed E-state index contributed by atoms with van der Waals surface area (Å²) in [6.45, 7) is 4.46. The number of aryl methyl sites for hydroxylation is 1. The zero-order valence-corrected chi connectivity index (χ0v) is 19.6. The van der Waals surface area contributed by atoms with Crippen LogP contribution in [0.4, 0.5) is 0 Å². The Morgan fingerprint density at radius 1 is 1.21 bits per heavy atom. The van der Waals surface area contributed by atoms with E-state index in [2.05, 4.69) is 41.9 Å². The predicted octanol–water partition coefficient (Wildman–Crippen LogP) is 5.16. The fourth-order valence-electron chi connectivity index (χ4n) is 2.95. The molecule has 0 N–H and O–H groups in total. The van der Waals surface area contributed by atoms with E-state index < -0.39 is 0 Å². The zero-order chi connectivity index (χ0) is 21.0. The van der Waals surface area contributed by atoms with Crippen LogP contribution in [0.1, 0.15) is 31.7 Å². The summed E-state index contributed by atoms with van der Waals surface area (Å²) in [5.74, 6) is 1.85. The highest BCUT2D eigenvalue weighted by Crippen LogP contribution is 2.36. The van der Waals surface area contributed by atoms with E-state index in [1.807, 2.05) is 38.1 Å². The normalized spacial score (nSPS) is 11.3. The van der Waals surface area contributed by atoms with Crippen molar-refractivity contribution >= 4 is 49.0 Å². The summed E-state index contributed by atoms with van der Waals surface area (Å²) in [5.41, 5.74) is 1.23. The molecule has 1 heterocycles. The SMILES string of the molecule is CCCc1nc2ccc(Br)cc2c(=O)n1N=Cc1cc(Br)c(OC)c(OCC)c1. The molecule has 0 bridgehead atoms. The maximum atomic E-state index is 13.1. The average molecular weight is 523 g/mol. The fourth-order valence-corrected chi connectivity index (χ4v) is 3.93. The minimum absolute atomic E-state index is 0.200. The molecule has 0 spiro atoms. The van der Waals surface area contributed by atoms with Crippen LogP contribution in [0.3, 0.4) is 0 Å². The second kappa shape index (κ2) is 9.54. The Hall–Kier alpha value is -2.19. The van der Waals surface area contributed by atoms with E-state index in [-0.39, 0.29) is 5.56 Å². The van der Waals surface area contributed by atoms with Gasteiger partial charge in [0.25, 0.3) is 5.56 Å². The molecular formula is C21H21Br2N3O3. The summed E-state index contributed by atoms with van der Waals surface area (Å²) in [7, 11) is 1.59. The summed E-state index contributed by atoms with van der Waals surface area (Å²) in [4.78, 5) is 17.7. The molecule has 0 fully saturated rings. The molecule has 0 aliphatic carbocycles. The first-order valence-corrected chi connectivity index (χ1v) is 10.8. The minimum Gasteiger partial charge on any atom is -0.492 e. The molecule has 0 amide bonds. The Morgan fingerprint density at radius 2 is 2.00 bits per heavy atom. The first-order valence-electron chi connectivity index (χ1n) is 9.24. The third-order valence-electron chi connectivity index (χ3n) is 4.21. The number of nitrogens with zero attached hydrogens (tertiary/aromatic N) is 3. The quantitative estimate of drug-likeness (QED) is 0.402. The predicted molar refractivity (Wildman–Crippen MR) is 123 cm³/mol. The summed E-state index contributed by atoms with van der Waals surface area (Å²) >= 11 is 6.91. The van der Waals surface area contributed by atoms with Crippen LogP contribution in [-0.4, -0.2) is 29.6 Å². The Kier molecular flexibility index (Phi) is 7.08. The van der Waals surface area contributed by atoms with Gasteiger partial charge in [-0.25, -0.2) is 4.98 Å². The molecule has 0 aliphatic rings. The molecule has 3 aromatic rings. The molecule has 8 heteroatoms. The third kappa shape index (κ3) is 4.70. The summed E-state index contributed by atoms with van der Waals surface area (Å²) < 4.78 is 14.0. The summed E-state index contributed by atoms with van der Waals surface area (Å²) in [5, 5.41) is 4.97. The molecular weight excluding hydrogens is 502 g/mol. The lowest BCUT2D eigenvalue weighted by Crippen LogP contribution is -2.22. The van der Waals surface area contributed by atoms with Crippen molar-refractivity contribution in [2.45, 2.75) is 26.7 Å². The number of fused-ring (bicyclic) bond motifs is 1. The van der Waals surface area contributed by atoms with Gasteiger partial charge >= 0.3 is 0 Å². The molecule has 0 atom stereocenters. The van der Waals surface area contributed by atoms with E-state index in [1.54, 1.807) is 19.4 Å². The van der Waals surface area contributed by atoms with Crippen LogP contribution in [0, 0.1) is 0 Å². The number of ether oxygens (including phenoxy) is 2. The number of hydrogen-bond acceptors (Lipinski definition) is 5. The highest BCUT2D eigenvalue weighted by Gasteiger charge is 2.12. The van der Waals surface area contributed by atoms with Crippen molar-refractivity contribution in [1.82, 2.24) is 9.66 Å². The van der Waals surface area contributed by atoms with Crippen molar-refractivity contribution in [2.75, 3.05) is 13.7 Å². The van der Waals surface area contributed by atoms with Gasteiger partial charge in [0.1, 0.15) is 5.82 Å². The van der Waals surface area contributed by atoms with Crippen LogP contribution in [-0.2, 0) is 6.42 Å². The van der Waals surface area contributed by atoms with Crippen molar-refractivity contribution in [2.24, 2.45) is 5.10 Å². The third-order valence-corrected chi connectivity index (χ3v) is 5.29. The average Bonchev–Trinajstić information content (AvgIpc) is 2.69. The lowest BCUT2D eigenvalue weighted by atomic mass is 10.2. The van der Waals surface area contributed by atoms with Gasteiger partial charge in [0.15, 0.2) is 11.5 Å². The van der Waals surface area contributed by atoms with Crippen LogP contribution in [0.2, 0.25) is 0 Å². The number of hydrogen-bond donors (Lipinski definition) is 0. The van der Waals surface area contributed by atoms with E-state index in [0.717, 1.165) is 20.9 Å². The lowest BCUT2D eigenvalue weighted by molar-refractivity contribution is 0.310. The van der Waals surface area contributed by atoms with E-state index in [1.165, 1.54) is 4.68 Å². The van der Waals surface area contributed by atoms with Crippen LogP contribution >= 0.6 is 31.9 Å². The Balaban J connectivity index is 2.11. The molecule has 0 saturated carbocycles. The lowest BCUT2D eigenvalue weighted by Gasteiger charge is -2.12. The van der Waals surface area contributed by atoms with Crippen LogP contribution in [0.15, 0.2) is 49.2 Å². The van der Waals surface area contributed by atoms with E-state index >= 15 is 0 Å². The molecule has 6 nitrogen and oxygen atoms in total. The van der Waals surface area contributed by atoms with Crippen LogP contribution < -0.4 is 15.0 Å². The second-order valence-electron chi connectivity index (χ2n) is 6.27. The largest absolute Gasteiger partial charge is 0.492 e. The molecule has 0 radical (unpaired) electrons. The number of halogens is 2. The summed E-state index contributed by atoms with van der Waals surface area (Å²) in [6.07, 6.45) is 3.13. The van der Waals surface area contributed by atoms with Gasteiger partial charge < -0.3 is 9.47 Å². The number of rotatable bonds is 7. The van der Waals surface area contributed by atoms with Gasteiger partial charge in [0.05, 0.1) is 35.3 Å². The fraction of sp³-hybridized carbons (Fsp3) is 0.286. The highest BCUT2D eigenvalue weighted by molar-refractivity contribution is 9.10. The highest BCUT2D eigenvalue weighted by atomic mass is 79.9. The Morgan fingerprint density at radius 3 is 2.69 bits per heavy atom. The van der Waals surface area contributed by atoms with Crippen molar-refractivity contribution in [3.63, 3.8) is 0 Å². The van der Waals surface area contributed by atoms with Gasteiger partial charge in [0.2, 0.25) is 0 Å². The maximum absolute atomic E-state index is 13.1. The maximum Gasteiger partial charge on any atom is 0.282 e. The number of methoxy groups -OCH3 is 1. The van der Waals surface area contributed by atoms with E-state index in [4.69, 9.17) is 9.47 Å². The van der Waals surface area contributed by atoms with Gasteiger partial charge in [-0.1, -0.05) is 22.9 Å². The standard InChI is InChI=1S/C21H21Br2N3O3/c1-4-6-19-25-17-8-7-14(22)11-15(17)21(27)26(19)24-12-13-9-16(23)20(28-3)18(10-13)29-5-2/h7-12H,4-6H2,1-3H3. The van der Waals surface area contributed by atoms with E-state index in [9.17, 15) is 4.79 Å². The van der Waals surface area contributed by atoms with Crippen molar-refractivity contribution < 1.29 is 9.47 Å². The molecule has 152 valence electrons. The smallest absolute Gasteiger partial charge is 0.282 e. The molecule has 0 saturated heterocycles. The van der Waals surface area contributed by atoms with Crippen LogP contribution in [0.25, 0.3) is 10.9 Å². The monoisotopic (exact) mass is 521 g/mol. The zero-order valence-electron chi connectivity index (χ0n) is 16.4. The summed E-state index contributed by atoms with van der Waals surface area (Å²) in [6, 6.07) is 9.17. The van der Waals surface area contributed by atoms with Crippen molar-refractivity contribution in [3.05, 3.63) is 61.0 Å². The molecule has 0 aliphatic heterocycles. The number of benzene rings is 2. The Bertz CT molecular complexity index is 1130. The molecule has 3 rings (SSSR count). The van der Waals surface area contributed by atoms with Crippen LogP contribution in [0.5, 0.6) is 11.5 Å². The number of aromatic nitrogens is 2. The molecule has 2 aromatic carbocycles. The first kappa shape index (κ1) is 21.5. The van der Waals surface area contributed by atoms with Gasteiger partial charge in [-0.05, 0) is 65.2 Å². The van der Waals surface area contributed by atoms with Gasteiger partial charge in [-0.2, -0.15) is 9.78 Å². The van der Waals surface area contributed by atoms with Gasteiger partial charge in [-0.15, -0.1) is 0 Å². The molecule has 29 heavy (non-hydrogen) atoms. The van der Waals surface area contributed by atoms with Gasteiger partial charge in [0, 0.05) is 10.9 Å². The second-order valence-corrected chi connectivity index (χ2v) is 8.04. The van der Waals surface area contributed by atoms with Gasteiger partial charge in [-0.3, -0.25) is 4.79 Å². The molecule has 0 unspecified atom stereocenters. The van der Waals surface area contributed by atoms with Crippen molar-refractivity contribution in [1.29, 1.82) is 0 Å². The van der Waals surface area contributed by atoms with E-state index in [0.29, 0.717) is 41.3 Å². The van der Waals surface area contributed by atoms with Crippen molar-refractivity contribution in [3.8, 4) is 11.5 Å². The Labute approximate surface area is 185 Å².